The third kappa shape index (κ3) is 5.14. The van der Waals surface area contributed by atoms with Crippen molar-refractivity contribution in [2.45, 2.75) is 31.4 Å². The Balaban J connectivity index is 2.12. The zero-order chi connectivity index (χ0) is 19.3. The molecule has 0 amide bonds. The van der Waals surface area contributed by atoms with Gasteiger partial charge in [0.15, 0.2) is 6.10 Å². The van der Waals surface area contributed by atoms with Crippen molar-refractivity contribution in [1.29, 1.82) is 0 Å². The minimum absolute atomic E-state index is 0.0309. The van der Waals surface area contributed by atoms with Gasteiger partial charge in [-0.3, -0.25) is 8.98 Å². The van der Waals surface area contributed by atoms with E-state index in [2.05, 4.69) is 0 Å². The van der Waals surface area contributed by atoms with Crippen molar-refractivity contribution >= 4 is 21.9 Å². The summed E-state index contributed by atoms with van der Waals surface area (Å²) in [6.07, 6.45) is 0.419. The summed E-state index contributed by atoms with van der Waals surface area (Å²) < 4.78 is 35.7. The molecule has 1 aromatic heterocycles. The van der Waals surface area contributed by atoms with E-state index in [9.17, 15) is 23.3 Å². The van der Waals surface area contributed by atoms with Gasteiger partial charge in [0.05, 0.1) is 11.1 Å². The minimum atomic E-state index is -4.05. The van der Waals surface area contributed by atoms with Gasteiger partial charge in [0.25, 0.3) is 10.1 Å². The van der Waals surface area contributed by atoms with Gasteiger partial charge in [-0.15, -0.1) is 0 Å². The van der Waals surface area contributed by atoms with Crippen molar-refractivity contribution in [1.82, 2.24) is 4.57 Å². The second-order valence-corrected chi connectivity index (χ2v) is 7.17. The summed E-state index contributed by atoms with van der Waals surface area (Å²) in [5.41, 5.74) is 0.890. The summed E-state index contributed by atoms with van der Waals surface area (Å²) in [5, 5.41) is 11.0. The van der Waals surface area contributed by atoms with Gasteiger partial charge in [0, 0.05) is 13.0 Å². The Bertz CT molecular complexity index is 888. The molecule has 1 unspecified atom stereocenters. The predicted octanol–water partition coefficient (Wildman–Crippen LogP) is 2.04. The molecule has 0 bridgehead atoms. The first-order valence-electron chi connectivity index (χ1n) is 7.62. The molecule has 0 N–H and O–H groups in total. The maximum atomic E-state index is 12.2. The fourth-order valence-corrected chi connectivity index (χ4v) is 3.18. The van der Waals surface area contributed by atoms with Gasteiger partial charge in [-0.05, 0) is 30.0 Å². The van der Waals surface area contributed by atoms with Crippen molar-refractivity contribution in [2.24, 2.45) is 0 Å². The molecule has 2 rings (SSSR count). The van der Waals surface area contributed by atoms with Gasteiger partial charge in [-0.1, -0.05) is 17.7 Å². The Labute approximate surface area is 150 Å². The van der Waals surface area contributed by atoms with Gasteiger partial charge in [-0.2, -0.15) is 8.42 Å². The number of esters is 1. The Morgan fingerprint density at radius 3 is 2.50 bits per heavy atom. The number of nitrogens with zero attached hydrogens (tertiary/aromatic N) is 2. The van der Waals surface area contributed by atoms with Crippen LogP contribution in [0.5, 0.6) is 0 Å². The fraction of sp³-hybridized carbons (Fsp3) is 0.312. The largest absolute Gasteiger partial charge is 0.456 e. The number of aromatic nitrogens is 1. The Hall–Kier alpha value is -2.72. The Morgan fingerprint density at radius 2 is 1.92 bits per heavy atom. The lowest BCUT2D eigenvalue weighted by Crippen LogP contribution is -2.29. The Morgan fingerprint density at radius 1 is 1.27 bits per heavy atom. The average Bonchev–Trinajstić information content (AvgIpc) is 3.01. The third-order valence-electron chi connectivity index (χ3n) is 3.44. The second-order valence-electron chi connectivity index (χ2n) is 5.56. The smallest absolute Gasteiger partial charge is 0.323 e. The minimum Gasteiger partial charge on any atom is -0.456 e. The topological polar surface area (TPSA) is 118 Å². The van der Waals surface area contributed by atoms with Crippen molar-refractivity contribution in [2.75, 3.05) is 6.61 Å². The monoisotopic (exact) mass is 382 g/mol. The molecule has 0 aliphatic rings. The van der Waals surface area contributed by atoms with Gasteiger partial charge in [0.2, 0.25) is 0 Å². The number of rotatable bonds is 8. The van der Waals surface area contributed by atoms with Crippen LogP contribution in [0.2, 0.25) is 0 Å². The molecular formula is C16H18N2O7S. The highest BCUT2D eigenvalue weighted by Gasteiger charge is 2.24. The molecule has 10 heteroatoms. The first-order valence-corrected chi connectivity index (χ1v) is 9.02. The summed E-state index contributed by atoms with van der Waals surface area (Å²) in [5.74, 6) is -0.857. The molecule has 0 aliphatic heterocycles. The number of hydrogen-bond acceptors (Lipinski definition) is 7. The van der Waals surface area contributed by atoms with E-state index in [0.29, 0.717) is 0 Å². The highest BCUT2D eigenvalue weighted by atomic mass is 32.2. The van der Waals surface area contributed by atoms with Crippen LogP contribution in [-0.4, -0.2) is 36.6 Å². The molecule has 0 saturated heterocycles. The summed E-state index contributed by atoms with van der Waals surface area (Å²) in [6, 6.07) is 8.82. The summed E-state index contributed by atoms with van der Waals surface area (Å²) in [4.78, 5) is 21.6. The molecule has 1 atom stereocenters. The van der Waals surface area contributed by atoms with Crippen LogP contribution >= 0.6 is 0 Å². The highest BCUT2D eigenvalue weighted by Crippen LogP contribution is 2.17. The van der Waals surface area contributed by atoms with E-state index in [1.54, 1.807) is 12.1 Å². The molecule has 0 spiro atoms. The lowest BCUT2D eigenvalue weighted by Gasteiger charge is -2.16. The summed E-state index contributed by atoms with van der Waals surface area (Å²) in [7, 11) is -4.05. The van der Waals surface area contributed by atoms with E-state index in [1.165, 1.54) is 35.0 Å². The zero-order valence-electron chi connectivity index (χ0n) is 14.2. The number of carbonyl (C=O) groups is 1. The SMILES string of the molecule is CC(=O)OC(COS(=O)(=O)c1ccc(C)cc1)Cn1cccc1[N+](=O)[O-]. The van der Waals surface area contributed by atoms with Crippen molar-refractivity contribution in [3.8, 4) is 0 Å². The van der Waals surface area contributed by atoms with Gasteiger partial charge < -0.3 is 14.9 Å². The number of hydrogen-bond donors (Lipinski definition) is 0. The Kier molecular flexibility index (Phi) is 6.11. The first-order chi connectivity index (χ1) is 12.2. The highest BCUT2D eigenvalue weighted by molar-refractivity contribution is 7.86. The number of carbonyl (C=O) groups excluding carboxylic acids is 1. The van der Waals surface area contributed by atoms with Gasteiger partial charge >= 0.3 is 11.8 Å². The lowest BCUT2D eigenvalue weighted by atomic mass is 10.2. The van der Waals surface area contributed by atoms with E-state index in [-0.39, 0.29) is 17.3 Å². The molecule has 1 heterocycles. The van der Waals surface area contributed by atoms with E-state index < -0.39 is 33.7 Å². The third-order valence-corrected chi connectivity index (χ3v) is 4.74. The van der Waals surface area contributed by atoms with E-state index >= 15 is 0 Å². The predicted molar refractivity (Wildman–Crippen MR) is 91.0 cm³/mol. The molecule has 9 nitrogen and oxygen atoms in total. The second kappa shape index (κ2) is 8.11. The molecule has 2 aromatic rings. The van der Waals surface area contributed by atoms with Crippen LogP contribution < -0.4 is 0 Å². The van der Waals surface area contributed by atoms with Crippen LogP contribution in [0.15, 0.2) is 47.5 Å². The molecule has 0 radical (unpaired) electrons. The van der Waals surface area contributed by atoms with Gasteiger partial charge in [0.1, 0.15) is 13.2 Å². The molecule has 0 fully saturated rings. The normalized spacial score (nSPS) is 12.5. The molecule has 0 saturated carbocycles. The number of nitro groups is 1. The quantitative estimate of drug-likeness (QED) is 0.297. The average molecular weight is 382 g/mol. The maximum absolute atomic E-state index is 12.2. The van der Waals surface area contributed by atoms with Crippen LogP contribution in [0.25, 0.3) is 0 Å². The standard InChI is InChI=1S/C16H18N2O7S/c1-12-5-7-15(8-6-12)26(22,23)24-11-14(25-13(2)19)10-17-9-3-4-16(17)18(20)21/h3-9,14H,10-11H2,1-2H3. The van der Waals surface area contributed by atoms with Crippen LogP contribution in [0.1, 0.15) is 12.5 Å². The van der Waals surface area contributed by atoms with Crippen LogP contribution in [0.3, 0.4) is 0 Å². The zero-order valence-corrected chi connectivity index (χ0v) is 15.0. The maximum Gasteiger partial charge on any atom is 0.323 e. The first kappa shape index (κ1) is 19.6. The summed E-state index contributed by atoms with van der Waals surface area (Å²) >= 11 is 0. The van der Waals surface area contributed by atoms with Crippen LogP contribution in [-0.2, 0) is 30.4 Å². The fourth-order valence-electron chi connectivity index (χ4n) is 2.24. The van der Waals surface area contributed by atoms with Gasteiger partial charge in [-0.25, -0.2) is 4.57 Å². The molecule has 140 valence electrons. The van der Waals surface area contributed by atoms with E-state index in [1.807, 2.05) is 6.92 Å². The molecule has 26 heavy (non-hydrogen) atoms. The molecule has 0 aliphatic carbocycles. The number of ether oxygens (including phenoxy) is 1. The number of aryl methyl sites for hydroxylation is 1. The molecular weight excluding hydrogens is 364 g/mol. The summed E-state index contributed by atoms with van der Waals surface area (Å²) in [6.45, 7) is 2.39. The van der Waals surface area contributed by atoms with Crippen molar-refractivity contribution < 1.29 is 27.1 Å². The lowest BCUT2D eigenvalue weighted by molar-refractivity contribution is -0.392. The van der Waals surface area contributed by atoms with E-state index in [4.69, 9.17) is 8.92 Å². The van der Waals surface area contributed by atoms with Crippen molar-refractivity contribution in [3.63, 3.8) is 0 Å². The van der Waals surface area contributed by atoms with Crippen LogP contribution in [0, 0.1) is 17.0 Å². The van der Waals surface area contributed by atoms with Crippen LogP contribution in [0.4, 0.5) is 5.82 Å². The van der Waals surface area contributed by atoms with Crippen molar-refractivity contribution in [3.05, 3.63) is 58.3 Å². The molecule has 1 aromatic carbocycles. The number of benzene rings is 1. The van der Waals surface area contributed by atoms with E-state index in [0.717, 1.165) is 12.5 Å².